The maximum atomic E-state index is 13.6. The summed E-state index contributed by atoms with van der Waals surface area (Å²) < 4.78 is 19.3. The molecular weight excluding hydrogens is 283 g/mol. The molecule has 5 heteroatoms. The van der Waals surface area contributed by atoms with Crippen LogP contribution in [0.4, 0.5) is 4.39 Å². The fraction of sp³-hybridized carbons (Fsp3) is 0.353. The van der Waals surface area contributed by atoms with Gasteiger partial charge in [0.2, 0.25) is 5.88 Å². The van der Waals surface area contributed by atoms with Crippen LogP contribution in [-0.4, -0.2) is 16.7 Å². The first kappa shape index (κ1) is 14.9. The molecule has 2 aromatic rings. The summed E-state index contributed by atoms with van der Waals surface area (Å²) in [6.07, 6.45) is 2.45. The topological polar surface area (TPSA) is 68.4 Å². The average molecular weight is 302 g/mol. The van der Waals surface area contributed by atoms with Crippen LogP contribution in [0.15, 0.2) is 42.6 Å². The van der Waals surface area contributed by atoms with E-state index in [0.29, 0.717) is 30.9 Å². The molecule has 1 aliphatic carbocycles. The van der Waals surface area contributed by atoms with Crippen LogP contribution in [0, 0.1) is 11.7 Å². The van der Waals surface area contributed by atoms with Crippen molar-refractivity contribution in [3.63, 3.8) is 0 Å². The van der Waals surface area contributed by atoms with E-state index in [9.17, 15) is 4.39 Å². The fourth-order valence-electron chi connectivity index (χ4n) is 2.80. The van der Waals surface area contributed by atoms with Crippen molar-refractivity contribution < 1.29 is 14.2 Å². The Hall–Kier alpha value is -1.98. The molecule has 0 saturated heterocycles. The third kappa shape index (κ3) is 2.96. The number of rotatable bonds is 6. The average Bonchev–Trinajstić information content (AvgIpc) is 3.19. The van der Waals surface area contributed by atoms with Crippen molar-refractivity contribution in [1.82, 2.24) is 4.98 Å². The third-order valence-electron chi connectivity index (χ3n) is 4.17. The van der Waals surface area contributed by atoms with Gasteiger partial charge in [-0.2, -0.15) is 0 Å². The molecule has 1 saturated carbocycles. The molecule has 1 aromatic heterocycles. The Labute approximate surface area is 128 Å². The lowest BCUT2D eigenvalue weighted by molar-refractivity contribution is 0.270. The van der Waals surface area contributed by atoms with Gasteiger partial charge < -0.3 is 15.6 Å². The van der Waals surface area contributed by atoms with E-state index in [1.807, 2.05) is 30.3 Å². The molecule has 0 amide bonds. The standard InChI is InChI=1S/C17H19FN2O2/c18-14-8-15(17(19)9-13(17)6-7-21)16(20-10-14)22-11-12-4-2-1-3-5-12/h1-5,8,10,13,21H,6-7,9,11,19H2. The van der Waals surface area contributed by atoms with Gasteiger partial charge in [-0.1, -0.05) is 30.3 Å². The first-order valence-electron chi connectivity index (χ1n) is 7.36. The summed E-state index contributed by atoms with van der Waals surface area (Å²) in [6, 6.07) is 11.1. The minimum absolute atomic E-state index is 0.0760. The molecule has 1 heterocycles. The molecular formula is C17H19FN2O2. The van der Waals surface area contributed by atoms with E-state index in [1.165, 1.54) is 6.07 Å². The van der Waals surface area contributed by atoms with Crippen molar-refractivity contribution in [1.29, 1.82) is 0 Å². The number of aromatic nitrogens is 1. The van der Waals surface area contributed by atoms with Crippen LogP contribution in [0.1, 0.15) is 24.0 Å². The Balaban J connectivity index is 1.80. The quantitative estimate of drug-likeness (QED) is 0.859. The highest BCUT2D eigenvalue weighted by molar-refractivity contribution is 5.39. The highest BCUT2D eigenvalue weighted by Crippen LogP contribution is 2.53. The van der Waals surface area contributed by atoms with Crippen LogP contribution < -0.4 is 10.5 Å². The Morgan fingerprint density at radius 3 is 2.86 bits per heavy atom. The van der Waals surface area contributed by atoms with Gasteiger partial charge in [0.05, 0.1) is 6.20 Å². The van der Waals surface area contributed by atoms with Crippen molar-refractivity contribution in [3.8, 4) is 5.88 Å². The molecule has 1 aromatic carbocycles. The minimum atomic E-state index is -0.649. The molecule has 116 valence electrons. The Morgan fingerprint density at radius 2 is 2.14 bits per heavy atom. The van der Waals surface area contributed by atoms with Crippen molar-refractivity contribution in [2.75, 3.05) is 6.61 Å². The highest BCUT2D eigenvalue weighted by atomic mass is 19.1. The number of halogens is 1. The molecule has 3 N–H and O–H groups in total. The van der Waals surface area contributed by atoms with E-state index in [0.717, 1.165) is 11.8 Å². The Bertz CT molecular complexity index is 650. The van der Waals surface area contributed by atoms with Gasteiger partial charge in [-0.25, -0.2) is 9.37 Å². The number of hydrogen-bond acceptors (Lipinski definition) is 4. The predicted molar refractivity (Wildman–Crippen MR) is 80.6 cm³/mol. The van der Waals surface area contributed by atoms with E-state index in [-0.39, 0.29) is 12.5 Å². The first-order chi connectivity index (χ1) is 10.6. The van der Waals surface area contributed by atoms with Gasteiger partial charge in [0.1, 0.15) is 12.4 Å². The number of ether oxygens (including phenoxy) is 1. The lowest BCUT2D eigenvalue weighted by atomic mass is 10.0. The highest BCUT2D eigenvalue weighted by Gasteiger charge is 2.53. The molecule has 0 bridgehead atoms. The normalized spacial score (nSPS) is 23.3. The summed E-state index contributed by atoms with van der Waals surface area (Å²) in [5, 5.41) is 9.06. The monoisotopic (exact) mass is 302 g/mol. The Kier molecular flexibility index (Phi) is 4.09. The van der Waals surface area contributed by atoms with Crippen LogP contribution in [-0.2, 0) is 12.1 Å². The van der Waals surface area contributed by atoms with Crippen molar-refractivity contribution >= 4 is 0 Å². The molecule has 3 rings (SSSR count). The lowest BCUT2D eigenvalue weighted by Gasteiger charge is -2.16. The zero-order valence-corrected chi connectivity index (χ0v) is 12.2. The van der Waals surface area contributed by atoms with Crippen molar-refractivity contribution in [2.45, 2.75) is 25.0 Å². The summed E-state index contributed by atoms with van der Waals surface area (Å²) in [4.78, 5) is 4.05. The fourth-order valence-corrected chi connectivity index (χ4v) is 2.80. The summed E-state index contributed by atoms with van der Waals surface area (Å²) in [5.74, 6) is 0.0786. The van der Waals surface area contributed by atoms with Gasteiger partial charge in [-0.05, 0) is 30.4 Å². The van der Waals surface area contributed by atoms with Crippen molar-refractivity contribution in [3.05, 3.63) is 59.5 Å². The zero-order chi connectivity index (χ0) is 15.6. The van der Waals surface area contributed by atoms with Gasteiger partial charge in [0.15, 0.2) is 0 Å². The van der Waals surface area contributed by atoms with E-state index in [1.54, 1.807) is 0 Å². The third-order valence-corrected chi connectivity index (χ3v) is 4.17. The van der Waals surface area contributed by atoms with Crippen LogP contribution in [0.3, 0.4) is 0 Å². The molecule has 0 aliphatic heterocycles. The maximum absolute atomic E-state index is 13.6. The van der Waals surface area contributed by atoms with E-state index >= 15 is 0 Å². The molecule has 2 atom stereocenters. The first-order valence-corrected chi connectivity index (χ1v) is 7.36. The number of aliphatic hydroxyl groups excluding tert-OH is 1. The molecule has 1 fully saturated rings. The summed E-state index contributed by atoms with van der Waals surface area (Å²) in [6.45, 7) is 0.430. The van der Waals surface area contributed by atoms with Crippen LogP contribution in [0.5, 0.6) is 5.88 Å². The molecule has 1 aliphatic rings. The minimum Gasteiger partial charge on any atom is -0.473 e. The van der Waals surface area contributed by atoms with Gasteiger partial charge in [-0.15, -0.1) is 0 Å². The van der Waals surface area contributed by atoms with Gasteiger partial charge in [0.25, 0.3) is 0 Å². The zero-order valence-electron chi connectivity index (χ0n) is 12.2. The molecule has 2 unspecified atom stereocenters. The second-order valence-electron chi connectivity index (χ2n) is 5.73. The summed E-state index contributed by atoms with van der Waals surface area (Å²) in [5.41, 5.74) is 7.28. The van der Waals surface area contributed by atoms with Crippen LogP contribution in [0.25, 0.3) is 0 Å². The summed E-state index contributed by atoms with van der Waals surface area (Å²) >= 11 is 0. The lowest BCUT2D eigenvalue weighted by Crippen LogP contribution is -2.24. The molecule has 22 heavy (non-hydrogen) atoms. The van der Waals surface area contributed by atoms with E-state index < -0.39 is 11.4 Å². The van der Waals surface area contributed by atoms with E-state index in [2.05, 4.69) is 4.98 Å². The smallest absolute Gasteiger partial charge is 0.218 e. The van der Waals surface area contributed by atoms with Crippen molar-refractivity contribution in [2.24, 2.45) is 11.7 Å². The van der Waals surface area contributed by atoms with Crippen LogP contribution in [0.2, 0.25) is 0 Å². The largest absolute Gasteiger partial charge is 0.473 e. The van der Waals surface area contributed by atoms with Crippen LogP contribution >= 0.6 is 0 Å². The SMILES string of the molecule is NC1(c2cc(F)cnc2OCc2ccccc2)CC1CCO. The second kappa shape index (κ2) is 6.02. The number of pyridine rings is 1. The number of aliphatic hydroxyl groups is 1. The predicted octanol–water partition coefficient (Wildman–Crippen LogP) is 2.36. The molecule has 0 spiro atoms. The number of nitrogens with two attached hydrogens (primary N) is 1. The van der Waals surface area contributed by atoms with Gasteiger partial charge in [0, 0.05) is 17.7 Å². The van der Waals surface area contributed by atoms with Gasteiger partial charge >= 0.3 is 0 Å². The maximum Gasteiger partial charge on any atom is 0.218 e. The number of hydrogen-bond donors (Lipinski definition) is 2. The summed E-state index contributed by atoms with van der Waals surface area (Å²) in [7, 11) is 0. The molecule has 0 radical (unpaired) electrons. The Morgan fingerprint density at radius 1 is 1.36 bits per heavy atom. The second-order valence-corrected chi connectivity index (χ2v) is 5.73. The molecule has 4 nitrogen and oxygen atoms in total. The number of benzene rings is 1. The van der Waals surface area contributed by atoms with Gasteiger partial charge in [-0.3, -0.25) is 0 Å². The number of nitrogens with zero attached hydrogens (tertiary/aromatic N) is 1. The van der Waals surface area contributed by atoms with E-state index in [4.69, 9.17) is 15.6 Å².